The fourth-order valence-electron chi connectivity index (χ4n) is 2.66. The van der Waals surface area contributed by atoms with E-state index in [0.717, 1.165) is 42.8 Å². The maximum Gasteiger partial charge on any atom is 0.227 e. The third-order valence-corrected chi connectivity index (χ3v) is 3.89. The topological polar surface area (TPSA) is 76.9 Å². The Bertz CT molecular complexity index is 725. The van der Waals surface area contributed by atoms with Crippen LogP contribution in [0.4, 0.5) is 17.5 Å². The highest BCUT2D eigenvalue weighted by molar-refractivity contribution is 5.85. The monoisotopic (exact) mass is 344 g/mol. The molecule has 0 bridgehead atoms. The molecule has 0 radical (unpaired) electrons. The van der Waals surface area contributed by atoms with Gasteiger partial charge in [0.25, 0.3) is 0 Å². The molecule has 1 aliphatic heterocycles. The lowest BCUT2D eigenvalue weighted by Gasteiger charge is -2.34. The number of benzene rings is 1. The number of aryl methyl sites for hydroxylation is 1. The summed E-state index contributed by atoms with van der Waals surface area (Å²) in [6.07, 6.45) is 0. The highest BCUT2D eigenvalue weighted by Crippen LogP contribution is 2.20. The predicted octanol–water partition coefficient (Wildman–Crippen LogP) is 2.62. The molecule has 1 aromatic carbocycles. The van der Waals surface area contributed by atoms with E-state index in [2.05, 4.69) is 38.5 Å². The van der Waals surface area contributed by atoms with E-state index in [1.165, 1.54) is 0 Å². The number of nitrogens with zero attached hydrogens (tertiary/aromatic N) is 4. The minimum absolute atomic E-state index is 0. The zero-order valence-corrected chi connectivity index (χ0v) is 14.6. The minimum atomic E-state index is 0. The van der Waals surface area contributed by atoms with Crippen LogP contribution in [0.25, 0.3) is 0 Å². The molecule has 6 nitrogen and oxygen atoms in total. The highest BCUT2D eigenvalue weighted by Gasteiger charge is 2.21. The Balaban J connectivity index is 0.00000208. The van der Waals surface area contributed by atoms with E-state index in [-0.39, 0.29) is 12.4 Å². The number of piperazine rings is 1. The van der Waals surface area contributed by atoms with Crippen LogP contribution in [0.5, 0.6) is 0 Å². The fourth-order valence-corrected chi connectivity index (χ4v) is 2.66. The van der Waals surface area contributed by atoms with E-state index in [0.29, 0.717) is 11.6 Å². The lowest BCUT2D eigenvalue weighted by atomic mass is 10.2. The molecule has 2 N–H and O–H groups in total. The average molecular weight is 345 g/mol. The summed E-state index contributed by atoms with van der Waals surface area (Å²) in [6, 6.07) is 11.7. The Kier molecular flexibility index (Phi) is 5.96. The number of hydrogen-bond donors (Lipinski definition) is 2. The van der Waals surface area contributed by atoms with Crippen molar-refractivity contribution in [2.45, 2.75) is 19.9 Å². The summed E-state index contributed by atoms with van der Waals surface area (Å²) in [5.74, 6) is 1.53. The van der Waals surface area contributed by atoms with Crippen LogP contribution in [0.1, 0.15) is 18.2 Å². The van der Waals surface area contributed by atoms with Crippen molar-refractivity contribution < 1.29 is 0 Å². The summed E-state index contributed by atoms with van der Waals surface area (Å²) in [4.78, 5) is 11.5. The molecule has 2 heterocycles. The molecule has 1 saturated heterocycles. The molecule has 0 saturated carbocycles. The van der Waals surface area contributed by atoms with Crippen LogP contribution in [0.15, 0.2) is 30.3 Å². The van der Waals surface area contributed by atoms with Gasteiger partial charge in [0.15, 0.2) is 0 Å². The van der Waals surface area contributed by atoms with Crippen molar-refractivity contribution in [3.8, 4) is 6.07 Å². The van der Waals surface area contributed by atoms with Crippen LogP contribution in [0.2, 0.25) is 0 Å². The maximum atomic E-state index is 8.86. The van der Waals surface area contributed by atoms with E-state index in [1.54, 1.807) is 12.1 Å². The second-order valence-corrected chi connectivity index (χ2v) is 5.76. The molecule has 1 aromatic heterocycles. The molecule has 1 unspecified atom stereocenters. The first-order valence-corrected chi connectivity index (χ1v) is 7.76. The van der Waals surface area contributed by atoms with Crippen molar-refractivity contribution in [2.24, 2.45) is 0 Å². The minimum Gasteiger partial charge on any atom is -0.340 e. The molecule has 0 spiro atoms. The number of hydrogen-bond acceptors (Lipinski definition) is 6. The Morgan fingerprint density at radius 2 is 2.04 bits per heavy atom. The summed E-state index contributed by atoms with van der Waals surface area (Å²) in [6.45, 7) is 6.93. The van der Waals surface area contributed by atoms with Crippen molar-refractivity contribution in [3.05, 3.63) is 41.6 Å². The van der Waals surface area contributed by atoms with Gasteiger partial charge in [-0.05, 0) is 38.1 Å². The van der Waals surface area contributed by atoms with Crippen molar-refractivity contribution in [2.75, 3.05) is 29.9 Å². The van der Waals surface area contributed by atoms with E-state index in [4.69, 9.17) is 5.26 Å². The summed E-state index contributed by atoms with van der Waals surface area (Å²) in [5, 5.41) is 15.5. The zero-order chi connectivity index (χ0) is 16.2. The smallest absolute Gasteiger partial charge is 0.227 e. The number of rotatable bonds is 3. The van der Waals surface area contributed by atoms with Crippen molar-refractivity contribution >= 4 is 29.9 Å². The van der Waals surface area contributed by atoms with Gasteiger partial charge in [0, 0.05) is 43.1 Å². The highest BCUT2D eigenvalue weighted by atomic mass is 35.5. The molecule has 1 atom stereocenters. The van der Waals surface area contributed by atoms with Gasteiger partial charge in [-0.15, -0.1) is 12.4 Å². The summed E-state index contributed by atoms with van der Waals surface area (Å²) in [7, 11) is 0. The van der Waals surface area contributed by atoms with Crippen molar-refractivity contribution in [3.63, 3.8) is 0 Å². The Labute approximate surface area is 148 Å². The first-order valence-electron chi connectivity index (χ1n) is 7.76. The van der Waals surface area contributed by atoms with Crippen LogP contribution in [0.3, 0.4) is 0 Å². The van der Waals surface area contributed by atoms with Gasteiger partial charge >= 0.3 is 0 Å². The molecule has 3 rings (SSSR count). The van der Waals surface area contributed by atoms with Crippen molar-refractivity contribution in [1.29, 1.82) is 5.26 Å². The summed E-state index contributed by atoms with van der Waals surface area (Å²) >= 11 is 0. The maximum absolute atomic E-state index is 8.86. The summed E-state index contributed by atoms with van der Waals surface area (Å²) in [5.41, 5.74) is 2.48. The molecular weight excluding hydrogens is 324 g/mol. The van der Waals surface area contributed by atoms with Gasteiger partial charge in [-0.3, -0.25) is 0 Å². The quantitative estimate of drug-likeness (QED) is 0.891. The van der Waals surface area contributed by atoms with Gasteiger partial charge in [0.2, 0.25) is 5.95 Å². The molecular formula is C17H21ClN6. The molecule has 1 fully saturated rings. The van der Waals surface area contributed by atoms with Gasteiger partial charge in [-0.1, -0.05) is 0 Å². The zero-order valence-electron chi connectivity index (χ0n) is 13.8. The molecule has 1 aliphatic rings. The SMILES string of the molecule is Cc1cc(Nc2ccc(C#N)cc2)nc(N2CCNCC2C)n1.Cl. The Hall–Kier alpha value is -2.36. The predicted molar refractivity (Wildman–Crippen MR) is 98.1 cm³/mol. The number of anilines is 3. The molecule has 2 aromatic rings. The average Bonchev–Trinajstić information content (AvgIpc) is 2.55. The third kappa shape index (κ3) is 4.13. The first-order chi connectivity index (χ1) is 11.2. The summed E-state index contributed by atoms with van der Waals surface area (Å²) < 4.78 is 0. The first kappa shape index (κ1) is 18.0. The molecule has 0 aliphatic carbocycles. The van der Waals surface area contributed by atoms with Gasteiger partial charge in [-0.2, -0.15) is 10.2 Å². The second kappa shape index (κ2) is 7.95. The fraction of sp³-hybridized carbons (Fsp3) is 0.353. The van der Waals surface area contributed by atoms with Crippen LogP contribution >= 0.6 is 12.4 Å². The largest absolute Gasteiger partial charge is 0.340 e. The van der Waals surface area contributed by atoms with Gasteiger partial charge in [-0.25, -0.2) is 4.98 Å². The Morgan fingerprint density at radius 3 is 2.71 bits per heavy atom. The molecule has 0 amide bonds. The second-order valence-electron chi connectivity index (χ2n) is 5.76. The van der Waals surface area contributed by atoms with Crippen LogP contribution in [-0.4, -0.2) is 35.6 Å². The van der Waals surface area contributed by atoms with E-state index >= 15 is 0 Å². The van der Waals surface area contributed by atoms with Crippen LogP contribution < -0.4 is 15.5 Å². The molecule has 7 heteroatoms. The molecule has 126 valence electrons. The van der Waals surface area contributed by atoms with E-state index in [1.807, 2.05) is 25.1 Å². The Morgan fingerprint density at radius 1 is 1.29 bits per heavy atom. The number of aromatic nitrogens is 2. The van der Waals surface area contributed by atoms with Crippen LogP contribution in [-0.2, 0) is 0 Å². The third-order valence-electron chi connectivity index (χ3n) is 3.89. The van der Waals surface area contributed by atoms with Gasteiger partial charge in [0.05, 0.1) is 11.6 Å². The van der Waals surface area contributed by atoms with Gasteiger partial charge < -0.3 is 15.5 Å². The lowest BCUT2D eigenvalue weighted by Crippen LogP contribution is -2.50. The van der Waals surface area contributed by atoms with E-state index < -0.39 is 0 Å². The van der Waals surface area contributed by atoms with E-state index in [9.17, 15) is 0 Å². The lowest BCUT2D eigenvalue weighted by molar-refractivity contribution is 0.493. The standard InChI is InChI=1S/C17H20N6.ClH/c1-12-9-16(21-15-5-3-14(10-18)4-6-15)22-17(20-12)23-8-7-19-11-13(23)2;/h3-6,9,13,19H,7-8,11H2,1-2H3,(H,20,21,22);1H. The number of halogens is 1. The number of nitrogens with one attached hydrogen (secondary N) is 2. The molecule has 24 heavy (non-hydrogen) atoms. The normalized spacial score (nSPS) is 16.9. The van der Waals surface area contributed by atoms with Crippen molar-refractivity contribution in [1.82, 2.24) is 15.3 Å². The number of nitriles is 1. The van der Waals surface area contributed by atoms with Gasteiger partial charge in [0.1, 0.15) is 5.82 Å². The van der Waals surface area contributed by atoms with Crippen LogP contribution in [0, 0.1) is 18.3 Å².